The van der Waals surface area contributed by atoms with Gasteiger partial charge in [-0.1, -0.05) is 81.4 Å². The molecular weight excluding hydrogens is 516 g/mol. The number of nitrogens with one attached hydrogen (secondary N) is 1. The molecule has 2 saturated heterocycles. The van der Waals surface area contributed by atoms with Gasteiger partial charge in [-0.2, -0.15) is 0 Å². The minimum absolute atomic E-state index is 0.00522. The molecule has 0 bridgehead atoms. The van der Waals surface area contributed by atoms with E-state index in [0.29, 0.717) is 45.6 Å². The molecule has 3 amide bonds. The molecule has 2 fully saturated rings. The molecule has 222 valence electrons. The minimum Gasteiger partial charge on any atom is -0.374 e. The lowest BCUT2D eigenvalue weighted by Gasteiger charge is -2.43. The van der Waals surface area contributed by atoms with Gasteiger partial charge in [-0.15, -0.1) is 0 Å². The van der Waals surface area contributed by atoms with Gasteiger partial charge in [0.1, 0.15) is 6.04 Å². The van der Waals surface area contributed by atoms with Crippen molar-refractivity contribution in [2.24, 2.45) is 16.6 Å². The van der Waals surface area contributed by atoms with E-state index in [4.69, 9.17) is 10.5 Å². The molecule has 2 aromatic rings. The number of amides is 3. The summed E-state index contributed by atoms with van der Waals surface area (Å²) in [6, 6.07) is 19.0. The SMILES string of the molecule is CC(C)(C)CN1CC(c2ccccc2)[C@@]2(CCCN(C(=O)C(COCc3ccccc3)NC(=O)C(C)(C)N)C2)C1=O. The monoisotopic (exact) mass is 562 g/mol. The molecule has 8 nitrogen and oxygen atoms in total. The third-order valence-corrected chi connectivity index (χ3v) is 8.07. The number of nitrogens with two attached hydrogens (primary N) is 1. The minimum atomic E-state index is -1.16. The molecule has 1 spiro atoms. The molecule has 0 radical (unpaired) electrons. The van der Waals surface area contributed by atoms with Gasteiger partial charge in [0.25, 0.3) is 0 Å². The summed E-state index contributed by atoms with van der Waals surface area (Å²) in [5, 5.41) is 2.84. The molecule has 2 unspecified atom stereocenters. The van der Waals surface area contributed by atoms with E-state index in [9.17, 15) is 14.4 Å². The van der Waals surface area contributed by atoms with E-state index in [0.717, 1.165) is 11.1 Å². The van der Waals surface area contributed by atoms with Crippen molar-refractivity contribution in [1.29, 1.82) is 0 Å². The smallest absolute Gasteiger partial charge is 0.247 e. The predicted octanol–water partition coefficient (Wildman–Crippen LogP) is 3.71. The van der Waals surface area contributed by atoms with Gasteiger partial charge >= 0.3 is 0 Å². The Morgan fingerprint density at radius 2 is 1.68 bits per heavy atom. The third kappa shape index (κ3) is 7.35. The fraction of sp³-hybridized carbons (Fsp3) is 0.545. The van der Waals surface area contributed by atoms with E-state index in [1.54, 1.807) is 18.7 Å². The van der Waals surface area contributed by atoms with Crippen LogP contribution in [0, 0.1) is 10.8 Å². The van der Waals surface area contributed by atoms with Crippen molar-refractivity contribution in [3.05, 3.63) is 71.8 Å². The molecule has 41 heavy (non-hydrogen) atoms. The summed E-state index contributed by atoms with van der Waals surface area (Å²) in [5.41, 5.74) is 6.23. The maximum absolute atomic E-state index is 14.2. The highest BCUT2D eigenvalue weighted by Gasteiger charge is 2.57. The molecule has 0 saturated carbocycles. The molecule has 0 aromatic heterocycles. The van der Waals surface area contributed by atoms with E-state index in [2.05, 4.69) is 38.2 Å². The Hall–Kier alpha value is -3.23. The lowest BCUT2D eigenvalue weighted by Crippen LogP contribution is -2.60. The van der Waals surface area contributed by atoms with Crippen LogP contribution < -0.4 is 11.1 Å². The summed E-state index contributed by atoms with van der Waals surface area (Å²) in [5.74, 6) is -0.591. The maximum atomic E-state index is 14.2. The average Bonchev–Trinajstić information content (AvgIpc) is 3.17. The van der Waals surface area contributed by atoms with Gasteiger partial charge < -0.3 is 25.6 Å². The van der Waals surface area contributed by atoms with Crippen LogP contribution in [0.1, 0.15) is 64.5 Å². The highest BCUT2D eigenvalue weighted by atomic mass is 16.5. The van der Waals surface area contributed by atoms with Crippen molar-refractivity contribution < 1.29 is 19.1 Å². The molecule has 2 aliphatic rings. The number of hydrogen-bond donors (Lipinski definition) is 2. The fourth-order valence-electron chi connectivity index (χ4n) is 6.10. The summed E-state index contributed by atoms with van der Waals surface area (Å²) in [7, 11) is 0. The maximum Gasteiger partial charge on any atom is 0.247 e. The van der Waals surface area contributed by atoms with E-state index in [1.807, 2.05) is 53.4 Å². The number of likely N-dealkylation sites (tertiary alicyclic amines) is 2. The number of carbonyl (C=O) groups excluding carboxylic acids is 3. The number of piperidine rings is 1. The van der Waals surface area contributed by atoms with Gasteiger partial charge in [0.05, 0.1) is 24.2 Å². The summed E-state index contributed by atoms with van der Waals surface area (Å²) < 4.78 is 5.93. The van der Waals surface area contributed by atoms with Gasteiger partial charge in [-0.25, -0.2) is 0 Å². The number of nitrogens with zero attached hydrogens (tertiary/aromatic N) is 2. The van der Waals surface area contributed by atoms with Gasteiger partial charge in [-0.05, 0) is 43.2 Å². The fourth-order valence-corrected chi connectivity index (χ4v) is 6.10. The molecule has 2 heterocycles. The van der Waals surface area contributed by atoms with Crippen LogP contribution >= 0.6 is 0 Å². The second kappa shape index (κ2) is 12.3. The Balaban J connectivity index is 1.58. The van der Waals surface area contributed by atoms with Crippen molar-refractivity contribution >= 4 is 17.7 Å². The van der Waals surface area contributed by atoms with Crippen LogP contribution in [-0.2, 0) is 25.7 Å². The average molecular weight is 563 g/mol. The predicted molar refractivity (Wildman–Crippen MR) is 160 cm³/mol. The topological polar surface area (TPSA) is 105 Å². The first-order valence-corrected chi connectivity index (χ1v) is 14.6. The van der Waals surface area contributed by atoms with Crippen molar-refractivity contribution in [3.63, 3.8) is 0 Å². The zero-order valence-electron chi connectivity index (χ0n) is 25.2. The Bertz CT molecular complexity index is 1210. The van der Waals surface area contributed by atoms with E-state index in [-0.39, 0.29) is 29.8 Å². The Kier molecular flexibility index (Phi) is 9.24. The van der Waals surface area contributed by atoms with Gasteiger partial charge in [0.15, 0.2) is 0 Å². The molecule has 4 rings (SSSR count). The summed E-state index contributed by atoms with van der Waals surface area (Å²) >= 11 is 0. The highest BCUT2D eigenvalue weighted by molar-refractivity contribution is 5.93. The Morgan fingerprint density at radius 3 is 2.29 bits per heavy atom. The van der Waals surface area contributed by atoms with Crippen LogP contribution in [-0.4, -0.2) is 71.9 Å². The van der Waals surface area contributed by atoms with Gasteiger partial charge in [0.2, 0.25) is 17.7 Å². The van der Waals surface area contributed by atoms with E-state index < -0.39 is 22.9 Å². The number of hydrogen-bond acceptors (Lipinski definition) is 5. The highest BCUT2D eigenvalue weighted by Crippen LogP contribution is 2.50. The first kappa shape index (κ1) is 30.7. The zero-order valence-corrected chi connectivity index (χ0v) is 25.2. The summed E-state index contributed by atoms with van der Waals surface area (Å²) in [6.45, 7) is 12.1. The molecule has 8 heteroatoms. The lowest BCUT2D eigenvalue weighted by atomic mass is 9.69. The normalized spacial score (nSPS) is 22.2. The van der Waals surface area contributed by atoms with Crippen molar-refractivity contribution in [1.82, 2.24) is 15.1 Å². The number of rotatable bonds is 9. The van der Waals surface area contributed by atoms with Crippen LogP contribution in [0.15, 0.2) is 60.7 Å². The quantitative estimate of drug-likeness (QED) is 0.485. The summed E-state index contributed by atoms with van der Waals surface area (Å²) in [4.78, 5) is 44.9. The molecule has 2 aromatic carbocycles. The van der Waals surface area contributed by atoms with E-state index in [1.165, 1.54) is 0 Å². The number of ether oxygens (including phenoxy) is 1. The largest absolute Gasteiger partial charge is 0.374 e. The van der Waals surface area contributed by atoms with Crippen LogP contribution in [0.25, 0.3) is 0 Å². The molecule has 3 N–H and O–H groups in total. The first-order chi connectivity index (χ1) is 19.3. The Labute approximate surface area is 244 Å². The van der Waals surface area contributed by atoms with Crippen molar-refractivity contribution in [2.45, 2.75) is 71.6 Å². The standard InChI is InChI=1S/C33H46N4O4/c1-31(2,3)22-37-19-26(25-15-10-7-11-16-25)33(30(37)40)17-12-18-36(23-33)28(38)27(35-29(39)32(4,5)34)21-41-20-24-13-8-6-9-14-24/h6-11,13-16,26-27H,12,17-23,34H2,1-5H3,(H,35,39)/t26?,27?,33-/m0/s1. The number of benzene rings is 2. The van der Waals surface area contributed by atoms with Crippen LogP contribution in [0.3, 0.4) is 0 Å². The summed E-state index contributed by atoms with van der Waals surface area (Å²) in [6.07, 6.45) is 1.42. The second-order valence-electron chi connectivity index (χ2n) is 13.5. The third-order valence-electron chi connectivity index (χ3n) is 8.07. The lowest BCUT2D eigenvalue weighted by molar-refractivity contribution is -0.147. The van der Waals surface area contributed by atoms with E-state index >= 15 is 0 Å². The van der Waals surface area contributed by atoms with Crippen molar-refractivity contribution in [2.75, 3.05) is 32.8 Å². The number of carbonyl (C=O) groups is 3. The van der Waals surface area contributed by atoms with Crippen molar-refractivity contribution in [3.8, 4) is 0 Å². The second-order valence-corrected chi connectivity index (χ2v) is 13.5. The molecule has 3 atom stereocenters. The Morgan fingerprint density at radius 1 is 1.05 bits per heavy atom. The van der Waals surface area contributed by atoms with Crippen LogP contribution in [0.2, 0.25) is 0 Å². The van der Waals surface area contributed by atoms with Crippen LogP contribution in [0.5, 0.6) is 0 Å². The van der Waals surface area contributed by atoms with Crippen LogP contribution in [0.4, 0.5) is 0 Å². The first-order valence-electron chi connectivity index (χ1n) is 14.6. The van der Waals surface area contributed by atoms with Gasteiger partial charge in [-0.3, -0.25) is 14.4 Å². The van der Waals surface area contributed by atoms with Gasteiger partial charge in [0, 0.05) is 32.1 Å². The molecular formula is C33H46N4O4. The molecule has 2 aliphatic heterocycles. The zero-order chi connectivity index (χ0) is 29.8. The molecule has 0 aliphatic carbocycles.